The van der Waals surface area contributed by atoms with Crippen molar-refractivity contribution in [2.75, 3.05) is 5.32 Å². The molecule has 1 unspecified atom stereocenters. The molecule has 1 N–H and O–H groups in total. The zero-order chi connectivity index (χ0) is 18.1. The van der Waals surface area contributed by atoms with Gasteiger partial charge in [0.25, 0.3) is 11.8 Å². The minimum atomic E-state index is -0.306. The molecule has 0 aromatic carbocycles. The normalized spacial score (nSPS) is 15.2. The molecule has 0 spiro atoms. The van der Waals surface area contributed by atoms with E-state index in [4.69, 9.17) is 4.42 Å². The summed E-state index contributed by atoms with van der Waals surface area (Å²) in [5.41, 5.74) is 0.895. The summed E-state index contributed by atoms with van der Waals surface area (Å²) in [6.07, 6.45) is 3.62. The fourth-order valence-corrected chi connectivity index (χ4v) is 3.82. The lowest BCUT2D eigenvalue weighted by molar-refractivity contribution is 0.0632. The van der Waals surface area contributed by atoms with Crippen molar-refractivity contribution in [3.05, 3.63) is 40.7 Å². The molecule has 1 aliphatic carbocycles. The predicted molar refractivity (Wildman–Crippen MR) is 99.2 cm³/mol. The van der Waals surface area contributed by atoms with Gasteiger partial charge in [0.2, 0.25) is 0 Å². The quantitative estimate of drug-likeness (QED) is 0.822. The number of furan rings is 1. The number of hydrogen-bond donors (Lipinski definition) is 1. The van der Waals surface area contributed by atoms with Crippen molar-refractivity contribution in [1.82, 2.24) is 4.90 Å². The first-order chi connectivity index (χ1) is 11.9. The summed E-state index contributed by atoms with van der Waals surface area (Å²) in [6.45, 7) is 8.31. The van der Waals surface area contributed by atoms with Crippen LogP contribution in [-0.2, 0) is 0 Å². The highest BCUT2D eigenvalue weighted by atomic mass is 32.1. The maximum absolute atomic E-state index is 13.1. The van der Waals surface area contributed by atoms with Crippen LogP contribution < -0.4 is 5.32 Å². The van der Waals surface area contributed by atoms with Crippen LogP contribution in [0.25, 0.3) is 0 Å². The molecule has 6 heteroatoms. The smallest absolute Gasteiger partial charge is 0.291 e. The van der Waals surface area contributed by atoms with Gasteiger partial charge in [-0.1, -0.05) is 13.8 Å². The van der Waals surface area contributed by atoms with E-state index in [9.17, 15) is 9.59 Å². The lowest BCUT2D eigenvalue weighted by atomic mass is 10.0. The Morgan fingerprint density at radius 3 is 2.60 bits per heavy atom. The second-order valence-electron chi connectivity index (χ2n) is 6.98. The third kappa shape index (κ3) is 3.79. The highest BCUT2D eigenvalue weighted by Crippen LogP contribution is 2.35. The van der Waals surface area contributed by atoms with E-state index in [1.807, 2.05) is 17.9 Å². The Bertz CT molecular complexity index is 760. The number of carbonyl (C=O) groups is 2. The summed E-state index contributed by atoms with van der Waals surface area (Å²) in [7, 11) is 0. The van der Waals surface area contributed by atoms with E-state index in [1.165, 1.54) is 17.6 Å². The molecule has 2 aromatic heterocycles. The number of anilines is 1. The van der Waals surface area contributed by atoms with Gasteiger partial charge in [0.15, 0.2) is 5.76 Å². The number of aryl methyl sites for hydroxylation is 1. The Balaban J connectivity index is 1.79. The molecule has 1 fully saturated rings. The van der Waals surface area contributed by atoms with Crippen LogP contribution in [0.4, 0.5) is 5.00 Å². The molecule has 2 amide bonds. The van der Waals surface area contributed by atoms with Crippen LogP contribution in [-0.4, -0.2) is 28.8 Å². The van der Waals surface area contributed by atoms with E-state index in [1.54, 1.807) is 12.1 Å². The van der Waals surface area contributed by atoms with Gasteiger partial charge in [0.05, 0.1) is 16.1 Å². The van der Waals surface area contributed by atoms with Gasteiger partial charge < -0.3 is 14.6 Å². The molecule has 0 bridgehead atoms. The number of nitrogens with zero attached hydrogens (tertiary/aromatic N) is 1. The molecule has 0 aliphatic heterocycles. The first-order valence-corrected chi connectivity index (χ1v) is 9.48. The van der Waals surface area contributed by atoms with Crippen LogP contribution in [0.3, 0.4) is 0 Å². The van der Waals surface area contributed by atoms with Gasteiger partial charge in [-0.2, -0.15) is 0 Å². The monoisotopic (exact) mass is 360 g/mol. The highest BCUT2D eigenvalue weighted by molar-refractivity contribution is 7.18. The summed E-state index contributed by atoms with van der Waals surface area (Å²) in [5.74, 6) is 0.430. The summed E-state index contributed by atoms with van der Waals surface area (Å²) < 4.78 is 5.11. The van der Waals surface area contributed by atoms with Crippen molar-refractivity contribution in [2.24, 2.45) is 5.92 Å². The van der Waals surface area contributed by atoms with Crippen LogP contribution in [0.1, 0.15) is 59.4 Å². The van der Waals surface area contributed by atoms with Crippen LogP contribution in [0.15, 0.2) is 28.9 Å². The molecule has 25 heavy (non-hydrogen) atoms. The second-order valence-corrected chi connectivity index (χ2v) is 8.03. The summed E-state index contributed by atoms with van der Waals surface area (Å²) in [4.78, 5) is 28.0. The van der Waals surface area contributed by atoms with E-state index < -0.39 is 0 Å². The topological polar surface area (TPSA) is 62.6 Å². The van der Waals surface area contributed by atoms with Gasteiger partial charge in [0.1, 0.15) is 0 Å². The molecule has 5 nitrogen and oxygen atoms in total. The van der Waals surface area contributed by atoms with Crippen LogP contribution in [0, 0.1) is 12.8 Å². The zero-order valence-corrected chi connectivity index (χ0v) is 15.9. The maximum atomic E-state index is 13.1. The summed E-state index contributed by atoms with van der Waals surface area (Å²) in [6, 6.07) is 5.69. The number of amides is 2. The standard InChI is InChI=1S/C19H24N2O3S/c1-11(2)13(4)21(14-7-8-14)19(23)17-12(3)10-16(25-17)20-18(22)15-6-5-9-24-15/h5-6,9-11,13-14H,7-8H2,1-4H3,(H,20,22). The van der Waals surface area contributed by atoms with Gasteiger partial charge >= 0.3 is 0 Å². The second kappa shape index (κ2) is 7.04. The number of hydrogen-bond acceptors (Lipinski definition) is 4. The van der Waals surface area contributed by atoms with Crippen molar-refractivity contribution in [3.63, 3.8) is 0 Å². The molecule has 3 rings (SSSR count). The minimum absolute atomic E-state index is 0.0738. The Morgan fingerprint density at radius 2 is 2.04 bits per heavy atom. The molecule has 0 saturated heterocycles. The van der Waals surface area contributed by atoms with Gasteiger partial charge in [0, 0.05) is 12.1 Å². The molecule has 2 heterocycles. The maximum Gasteiger partial charge on any atom is 0.291 e. The average Bonchev–Trinajstić information content (AvgIpc) is 3.09. The Hall–Kier alpha value is -2.08. The highest BCUT2D eigenvalue weighted by Gasteiger charge is 2.38. The van der Waals surface area contributed by atoms with Gasteiger partial charge in [-0.25, -0.2) is 0 Å². The zero-order valence-electron chi connectivity index (χ0n) is 15.0. The molecule has 2 aromatic rings. The van der Waals surface area contributed by atoms with Crippen molar-refractivity contribution < 1.29 is 14.0 Å². The Kier molecular flexibility index (Phi) is 4.99. The van der Waals surface area contributed by atoms with E-state index >= 15 is 0 Å². The number of nitrogens with one attached hydrogen (secondary N) is 1. The first kappa shape index (κ1) is 17.7. The number of rotatable bonds is 6. The fourth-order valence-electron chi connectivity index (χ4n) is 2.81. The van der Waals surface area contributed by atoms with Gasteiger partial charge in [-0.15, -0.1) is 11.3 Å². The molecule has 134 valence electrons. The molecule has 1 aliphatic rings. The largest absolute Gasteiger partial charge is 0.459 e. The minimum Gasteiger partial charge on any atom is -0.459 e. The number of carbonyl (C=O) groups excluding carboxylic acids is 2. The lowest BCUT2D eigenvalue weighted by Crippen LogP contribution is -2.43. The first-order valence-electron chi connectivity index (χ1n) is 8.66. The molecule has 0 radical (unpaired) electrons. The molecule has 1 saturated carbocycles. The molecule has 1 atom stereocenters. The van der Waals surface area contributed by atoms with E-state index in [0.717, 1.165) is 18.4 Å². The van der Waals surface area contributed by atoms with E-state index in [2.05, 4.69) is 26.1 Å². The lowest BCUT2D eigenvalue weighted by Gasteiger charge is -2.32. The Morgan fingerprint density at radius 1 is 1.32 bits per heavy atom. The van der Waals surface area contributed by atoms with Gasteiger partial charge in [-0.3, -0.25) is 9.59 Å². The third-order valence-electron chi connectivity index (χ3n) is 4.67. The van der Waals surface area contributed by atoms with E-state index in [-0.39, 0.29) is 23.6 Å². The predicted octanol–water partition coefficient (Wildman–Crippen LogP) is 4.55. The fraction of sp³-hybridized carbons (Fsp3) is 0.474. The summed E-state index contributed by atoms with van der Waals surface area (Å²) >= 11 is 1.33. The van der Waals surface area contributed by atoms with Crippen LogP contribution in [0.5, 0.6) is 0 Å². The van der Waals surface area contributed by atoms with Crippen molar-refractivity contribution in [2.45, 2.75) is 52.6 Å². The van der Waals surface area contributed by atoms with E-state index in [0.29, 0.717) is 21.8 Å². The van der Waals surface area contributed by atoms with Gasteiger partial charge in [-0.05, 0) is 56.4 Å². The molecular formula is C19H24N2O3S. The number of thiophene rings is 1. The Labute approximate surface area is 152 Å². The average molecular weight is 360 g/mol. The summed E-state index contributed by atoms with van der Waals surface area (Å²) in [5, 5.41) is 3.47. The van der Waals surface area contributed by atoms with Crippen LogP contribution >= 0.6 is 11.3 Å². The van der Waals surface area contributed by atoms with Crippen molar-refractivity contribution in [3.8, 4) is 0 Å². The SMILES string of the molecule is Cc1cc(NC(=O)c2ccco2)sc1C(=O)N(C1CC1)C(C)C(C)C. The van der Waals surface area contributed by atoms with Crippen molar-refractivity contribution in [1.29, 1.82) is 0 Å². The molecular weight excluding hydrogens is 336 g/mol. The van der Waals surface area contributed by atoms with Crippen molar-refractivity contribution >= 4 is 28.2 Å². The third-order valence-corrected chi connectivity index (χ3v) is 5.81. The van der Waals surface area contributed by atoms with Crippen LogP contribution in [0.2, 0.25) is 0 Å².